The van der Waals surface area contributed by atoms with E-state index in [2.05, 4.69) is 19.5 Å². The summed E-state index contributed by atoms with van der Waals surface area (Å²) in [5.74, 6) is -0.953. The Kier molecular flexibility index (Phi) is 5.28. The van der Waals surface area contributed by atoms with Gasteiger partial charge in [-0.05, 0) is 41.8 Å². The lowest BCUT2D eigenvalue weighted by Gasteiger charge is -2.19. The predicted molar refractivity (Wildman–Crippen MR) is 103 cm³/mol. The normalized spacial score (nSPS) is 12.9. The molecule has 9 nitrogen and oxygen atoms in total. The molecular formula is C18H18N4O5S. The number of nitrogens with one attached hydrogen (secondary N) is 1. The number of ether oxygens (including phenoxy) is 1. The molecule has 0 saturated heterocycles. The first-order chi connectivity index (χ1) is 13.3. The molecule has 1 aromatic heterocycles. The van der Waals surface area contributed by atoms with Crippen molar-refractivity contribution in [2.45, 2.75) is 24.8 Å². The number of fused-ring (bicyclic) bond motifs is 3. The Labute approximate surface area is 160 Å². The summed E-state index contributed by atoms with van der Waals surface area (Å²) in [6.07, 6.45) is 0. The largest absolute Gasteiger partial charge is 0.468 e. The van der Waals surface area contributed by atoms with Gasteiger partial charge in [0.05, 0.1) is 12.0 Å². The highest BCUT2D eigenvalue weighted by molar-refractivity contribution is 7.89. The number of methoxy groups -OCH3 is 1. The van der Waals surface area contributed by atoms with Crippen LogP contribution < -0.4 is 4.72 Å². The maximum Gasteiger partial charge on any atom is 0.324 e. The Morgan fingerprint density at radius 2 is 1.93 bits per heavy atom. The third kappa shape index (κ3) is 3.65. The molecule has 0 aliphatic rings. The number of azide groups is 1. The highest BCUT2D eigenvalue weighted by Gasteiger charge is 2.29. The van der Waals surface area contributed by atoms with E-state index in [4.69, 9.17) is 9.95 Å². The summed E-state index contributed by atoms with van der Waals surface area (Å²) in [7, 11) is -2.78. The molecule has 1 atom stereocenters. The molecule has 0 saturated carbocycles. The standard InChI is InChI=1S/C18H18N4O5S/c1-10(2)17(18(23)26-3)21-28(24,25)12-5-6-13-14-8-11(20-22-19)4-7-15(14)27-16(13)9-12/h4-10,17,21H,1-3H3/t17-/m0/s1. The number of rotatable bonds is 6. The summed E-state index contributed by atoms with van der Waals surface area (Å²) in [5, 5.41) is 4.94. The second-order valence-corrected chi connectivity index (χ2v) is 8.21. The highest BCUT2D eigenvalue weighted by atomic mass is 32.2. The quantitative estimate of drug-likeness (QED) is 0.288. The van der Waals surface area contributed by atoms with Crippen molar-refractivity contribution in [3.63, 3.8) is 0 Å². The van der Waals surface area contributed by atoms with Crippen LogP contribution in [0, 0.1) is 5.92 Å². The topological polar surface area (TPSA) is 134 Å². The second-order valence-electron chi connectivity index (χ2n) is 6.50. The maximum absolute atomic E-state index is 12.7. The van der Waals surface area contributed by atoms with E-state index in [1.807, 2.05) is 0 Å². The van der Waals surface area contributed by atoms with Crippen LogP contribution in [0.15, 0.2) is 50.8 Å². The molecule has 146 valence electrons. The Balaban J connectivity index is 2.04. The van der Waals surface area contributed by atoms with Crippen molar-refractivity contribution in [2.24, 2.45) is 11.0 Å². The lowest BCUT2D eigenvalue weighted by atomic mass is 10.1. The lowest BCUT2D eigenvalue weighted by molar-refractivity contribution is -0.143. The van der Waals surface area contributed by atoms with Crippen LogP contribution in [0.2, 0.25) is 0 Å². The van der Waals surface area contributed by atoms with Gasteiger partial charge in [-0.2, -0.15) is 4.72 Å². The van der Waals surface area contributed by atoms with E-state index in [1.165, 1.54) is 19.2 Å². The number of furan rings is 1. The number of carbonyl (C=O) groups is 1. The molecule has 3 aromatic rings. The fourth-order valence-corrected chi connectivity index (χ4v) is 4.19. The van der Waals surface area contributed by atoms with E-state index in [0.29, 0.717) is 27.6 Å². The smallest absolute Gasteiger partial charge is 0.324 e. The minimum Gasteiger partial charge on any atom is -0.468 e. The van der Waals surface area contributed by atoms with Crippen molar-refractivity contribution in [1.29, 1.82) is 0 Å². The molecule has 1 N–H and O–H groups in total. The van der Waals surface area contributed by atoms with Crippen LogP contribution in [0.25, 0.3) is 32.4 Å². The zero-order valence-corrected chi connectivity index (χ0v) is 16.2. The number of sulfonamides is 1. The van der Waals surface area contributed by atoms with Gasteiger partial charge < -0.3 is 9.15 Å². The summed E-state index contributed by atoms with van der Waals surface area (Å²) in [6, 6.07) is 8.34. The van der Waals surface area contributed by atoms with Crippen molar-refractivity contribution >= 4 is 43.6 Å². The minimum absolute atomic E-state index is 0.0381. The highest BCUT2D eigenvalue weighted by Crippen LogP contribution is 2.33. The second kappa shape index (κ2) is 7.51. The van der Waals surface area contributed by atoms with Crippen LogP contribution in [0.3, 0.4) is 0 Å². The van der Waals surface area contributed by atoms with Gasteiger partial charge in [0, 0.05) is 27.4 Å². The van der Waals surface area contributed by atoms with Crippen molar-refractivity contribution in [3.05, 3.63) is 46.8 Å². The first-order valence-electron chi connectivity index (χ1n) is 8.38. The fourth-order valence-electron chi connectivity index (χ4n) is 2.85. The third-order valence-corrected chi connectivity index (χ3v) is 5.74. The van der Waals surface area contributed by atoms with Crippen LogP contribution in [0.5, 0.6) is 0 Å². The van der Waals surface area contributed by atoms with Gasteiger partial charge in [0.25, 0.3) is 0 Å². The molecule has 3 rings (SSSR count). The summed E-state index contributed by atoms with van der Waals surface area (Å²) in [6.45, 7) is 3.43. The van der Waals surface area contributed by atoms with Gasteiger partial charge in [0.1, 0.15) is 17.2 Å². The zero-order valence-electron chi connectivity index (χ0n) is 15.4. The molecule has 0 aliphatic heterocycles. The number of nitrogens with zero attached hydrogens (tertiary/aromatic N) is 3. The number of hydrogen-bond donors (Lipinski definition) is 1. The Bertz CT molecular complexity index is 1210. The minimum atomic E-state index is -3.98. The summed E-state index contributed by atoms with van der Waals surface area (Å²) in [5.41, 5.74) is 9.89. The van der Waals surface area contributed by atoms with Gasteiger partial charge in [-0.25, -0.2) is 8.42 Å². The third-order valence-electron chi connectivity index (χ3n) is 4.30. The van der Waals surface area contributed by atoms with Crippen molar-refractivity contribution < 1.29 is 22.4 Å². The molecule has 0 bridgehead atoms. The van der Waals surface area contributed by atoms with Gasteiger partial charge in [0.15, 0.2) is 0 Å². The molecule has 0 radical (unpaired) electrons. The van der Waals surface area contributed by atoms with Gasteiger partial charge in [0.2, 0.25) is 10.0 Å². The Morgan fingerprint density at radius 3 is 2.57 bits per heavy atom. The molecule has 0 unspecified atom stereocenters. The number of esters is 1. The summed E-state index contributed by atoms with van der Waals surface area (Å²) >= 11 is 0. The van der Waals surface area contributed by atoms with Crippen molar-refractivity contribution in [3.8, 4) is 0 Å². The summed E-state index contributed by atoms with van der Waals surface area (Å²) in [4.78, 5) is 14.6. The first-order valence-corrected chi connectivity index (χ1v) is 9.86. The van der Waals surface area contributed by atoms with Crippen LogP contribution in [-0.4, -0.2) is 27.5 Å². The van der Waals surface area contributed by atoms with Crippen LogP contribution in [-0.2, 0) is 19.6 Å². The van der Waals surface area contributed by atoms with E-state index >= 15 is 0 Å². The zero-order chi connectivity index (χ0) is 20.5. The van der Waals surface area contributed by atoms with E-state index in [1.54, 1.807) is 38.1 Å². The van der Waals surface area contributed by atoms with Gasteiger partial charge >= 0.3 is 5.97 Å². The van der Waals surface area contributed by atoms with Crippen LogP contribution in [0.4, 0.5) is 5.69 Å². The molecule has 10 heteroatoms. The van der Waals surface area contributed by atoms with E-state index in [0.717, 1.165) is 0 Å². The van der Waals surface area contributed by atoms with Gasteiger partial charge in [-0.15, -0.1) is 0 Å². The molecule has 1 heterocycles. The van der Waals surface area contributed by atoms with Crippen LogP contribution >= 0.6 is 0 Å². The van der Waals surface area contributed by atoms with Crippen molar-refractivity contribution in [1.82, 2.24) is 4.72 Å². The lowest BCUT2D eigenvalue weighted by Crippen LogP contribution is -2.44. The van der Waals surface area contributed by atoms with E-state index in [9.17, 15) is 13.2 Å². The maximum atomic E-state index is 12.7. The van der Waals surface area contributed by atoms with Crippen molar-refractivity contribution in [2.75, 3.05) is 7.11 Å². The monoisotopic (exact) mass is 402 g/mol. The molecule has 0 aliphatic carbocycles. The Hall–Kier alpha value is -3.07. The average molecular weight is 402 g/mol. The fraction of sp³-hybridized carbons (Fsp3) is 0.278. The van der Waals surface area contributed by atoms with E-state index < -0.39 is 22.0 Å². The summed E-state index contributed by atoms with van der Waals surface area (Å²) < 4.78 is 38.3. The predicted octanol–water partition coefficient (Wildman–Crippen LogP) is 4.00. The number of carbonyl (C=O) groups excluding carboxylic acids is 1. The molecule has 0 spiro atoms. The molecular weight excluding hydrogens is 384 g/mol. The molecule has 28 heavy (non-hydrogen) atoms. The number of hydrogen-bond acceptors (Lipinski definition) is 6. The van der Waals surface area contributed by atoms with Crippen LogP contribution in [0.1, 0.15) is 13.8 Å². The number of benzene rings is 2. The SMILES string of the molecule is COC(=O)[C@@H](NS(=O)(=O)c1ccc2c(c1)oc1ccc(N=[N+]=[N-])cc12)C(C)C. The molecule has 0 fully saturated rings. The Morgan fingerprint density at radius 1 is 1.18 bits per heavy atom. The first kappa shape index (κ1) is 19.7. The van der Waals surface area contributed by atoms with Gasteiger partial charge in [-0.3, -0.25) is 4.79 Å². The van der Waals surface area contributed by atoms with Gasteiger partial charge in [-0.1, -0.05) is 19.0 Å². The molecule has 2 aromatic carbocycles. The van der Waals surface area contributed by atoms with E-state index in [-0.39, 0.29) is 10.8 Å². The molecule has 0 amide bonds. The average Bonchev–Trinajstić information content (AvgIpc) is 3.03.